The van der Waals surface area contributed by atoms with Crippen molar-refractivity contribution in [2.75, 3.05) is 26.3 Å². The van der Waals surface area contributed by atoms with E-state index in [1.807, 2.05) is 19.1 Å². The van der Waals surface area contributed by atoms with E-state index >= 15 is 0 Å². The minimum absolute atomic E-state index is 0.0563. The Balaban J connectivity index is 1.65. The first kappa shape index (κ1) is 16.3. The molecule has 1 fully saturated rings. The number of carbonyl (C=O) groups excluding carboxylic acids is 1. The summed E-state index contributed by atoms with van der Waals surface area (Å²) in [7, 11) is 0. The van der Waals surface area contributed by atoms with Crippen LogP contribution in [0.25, 0.3) is 11.5 Å². The first-order valence-corrected chi connectivity index (χ1v) is 8.52. The van der Waals surface area contributed by atoms with Crippen LogP contribution in [-0.2, 0) is 9.53 Å². The van der Waals surface area contributed by atoms with Crippen LogP contribution in [0.5, 0.6) is 0 Å². The van der Waals surface area contributed by atoms with Gasteiger partial charge in [-0.15, -0.1) is 10.2 Å². The SMILES string of the molecule is CC(Sc1nnc(-c2cccc(Cl)c2)o1)C(=O)N1CCOCC1. The Morgan fingerprint density at radius 2 is 2.13 bits per heavy atom. The van der Waals surface area contributed by atoms with Crippen LogP contribution in [0.3, 0.4) is 0 Å². The number of morpholine rings is 1. The van der Waals surface area contributed by atoms with Crippen LogP contribution in [0, 0.1) is 0 Å². The molecule has 0 radical (unpaired) electrons. The maximum absolute atomic E-state index is 12.4. The molecule has 122 valence electrons. The summed E-state index contributed by atoms with van der Waals surface area (Å²) < 4.78 is 10.9. The lowest BCUT2D eigenvalue weighted by Gasteiger charge is -2.28. The van der Waals surface area contributed by atoms with E-state index in [1.54, 1.807) is 17.0 Å². The summed E-state index contributed by atoms with van der Waals surface area (Å²) in [5.41, 5.74) is 0.754. The molecular formula is C15H16ClN3O3S. The summed E-state index contributed by atoms with van der Waals surface area (Å²) in [6.45, 7) is 4.26. The van der Waals surface area contributed by atoms with Gasteiger partial charge in [-0.3, -0.25) is 4.79 Å². The van der Waals surface area contributed by atoms with Crippen LogP contribution in [0.15, 0.2) is 33.9 Å². The number of benzene rings is 1. The van der Waals surface area contributed by atoms with Crippen molar-refractivity contribution in [2.24, 2.45) is 0 Å². The number of carbonyl (C=O) groups is 1. The zero-order valence-corrected chi connectivity index (χ0v) is 14.1. The molecule has 2 aromatic rings. The van der Waals surface area contributed by atoms with E-state index in [1.165, 1.54) is 11.8 Å². The second-order valence-electron chi connectivity index (χ2n) is 5.08. The van der Waals surface area contributed by atoms with Crippen molar-refractivity contribution in [3.8, 4) is 11.5 Å². The molecule has 1 aliphatic heterocycles. The molecule has 1 aliphatic rings. The van der Waals surface area contributed by atoms with Gasteiger partial charge in [0.1, 0.15) is 0 Å². The van der Waals surface area contributed by atoms with Gasteiger partial charge < -0.3 is 14.1 Å². The standard InChI is InChI=1S/C15H16ClN3O3S/c1-10(14(20)19-5-7-21-8-6-19)23-15-18-17-13(22-15)11-3-2-4-12(16)9-11/h2-4,9-10H,5-8H2,1H3. The number of rotatable bonds is 4. The molecule has 0 spiro atoms. The fraction of sp³-hybridized carbons (Fsp3) is 0.400. The molecule has 1 aromatic heterocycles. The summed E-state index contributed by atoms with van der Waals surface area (Å²) in [4.78, 5) is 14.2. The Bertz CT molecular complexity index is 688. The van der Waals surface area contributed by atoms with Gasteiger partial charge in [0.25, 0.3) is 5.22 Å². The highest BCUT2D eigenvalue weighted by Gasteiger charge is 2.25. The molecule has 8 heteroatoms. The summed E-state index contributed by atoms with van der Waals surface area (Å²) in [6.07, 6.45) is 0. The Kier molecular flexibility index (Phi) is 5.20. The van der Waals surface area contributed by atoms with E-state index in [0.717, 1.165) is 5.56 Å². The van der Waals surface area contributed by atoms with E-state index in [2.05, 4.69) is 10.2 Å². The lowest BCUT2D eigenvalue weighted by Crippen LogP contribution is -2.44. The lowest BCUT2D eigenvalue weighted by atomic mass is 10.2. The fourth-order valence-corrected chi connectivity index (χ4v) is 3.20. The molecule has 1 unspecified atom stereocenters. The molecule has 23 heavy (non-hydrogen) atoms. The van der Waals surface area contributed by atoms with E-state index in [-0.39, 0.29) is 11.2 Å². The molecule has 2 heterocycles. The van der Waals surface area contributed by atoms with Crippen molar-refractivity contribution in [1.82, 2.24) is 15.1 Å². The highest BCUT2D eigenvalue weighted by Crippen LogP contribution is 2.28. The number of amides is 1. The van der Waals surface area contributed by atoms with E-state index in [4.69, 9.17) is 20.8 Å². The molecule has 0 bridgehead atoms. The topological polar surface area (TPSA) is 68.5 Å². The summed E-state index contributed by atoms with van der Waals surface area (Å²) in [5, 5.41) is 8.69. The van der Waals surface area contributed by atoms with Gasteiger partial charge >= 0.3 is 0 Å². The van der Waals surface area contributed by atoms with Gasteiger partial charge in [0.05, 0.1) is 18.5 Å². The van der Waals surface area contributed by atoms with Gasteiger partial charge in [-0.1, -0.05) is 29.4 Å². The number of hydrogen-bond donors (Lipinski definition) is 0. The minimum atomic E-state index is -0.291. The van der Waals surface area contributed by atoms with Crippen molar-refractivity contribution in [3.63, 3.8) is 0 Å². The fourth-order valence-electron chi connectivity index (χ4n) is 2.24. The largest absolute Gasteiger partial charge is 0.411 e. The Labute approximate surface area is 143 Å². The third-order valence-electron chi connectivity index (χ3n) is 3.43. The Morgan fingerprint density at radius 1 is 1.35 bits per heavy atom. The van der Waals surface area contributed by atoms with Gasteiger partial charge in [0, 0.05) is 23.7 Å². The normalized spacial score (nSPS) is 16.3. The van der Waals surface area contributed by atoms with E-state index < -0.39 is 0 Å². The molecule has 0 saturated carbocycles. The third-order valence-corrected chi connectivity index (χ3v) is 4.58. The van der Waals surface area contributed by atoms with Gasteiger partial charge in [0.2, 0.25) is 11.8 Å². The average molecular weight is 354 g/mol. The van der Waals surface area contributed by atoms with Crippen molar-refractivity contribution < 1.29 is 13.9 Å². The quantitative estimate of drug-likeness (QED) is 0.787. The van der Waals surface area contributed by atoms with Crippen molar-refractivity contribution >= 4 is 29.3 Å². The zero-order valence-electron chi connectivity index (χ0n) is 12.6. The minimum Gasteiger partial charge on any atom is -0.411 e. The highest BCUT2D eigenvalue weighted by atomic mass is 35.5. The molecule has 1 atom stereocenters. The predicted octanol–water partition coefficient (Wildman–Crippen LogP) is 2.73. The van der Waals surface area contributed by atoms with Crippen molar-refractivity contribution in [2.45, 2.75) is 17.4 Å². The molecule has 0 N–H and O–H groups in total. The van der Waals surface area contributed by atoms with Crippen LogP contribution >= 0.6 is 23.4 Å². The summed E-state index contributed by atoms with van der Waals surface area (Å²) in [5.74, 6) is 0.446. The first-order chi connectivity index (χ1) is 11.1. The number of thioether (sulfide) groups is 1. The Hall–Kier alpha value is -1.57. The predicted molar refractivity (Wildman–Crippen MR) is 87.5 cm³/mol. The number of ether oxygens (including phenoxy) is 1. The van der Waals surface area contributed by atoms with Crippen molar-refractivity contribution in [3.05, 3.63) is 29.3 Å². The highest BCUT2D eigenvalue weighted by molar-refractivity contribution is 8.00. The van der Waals surface area contributed by atoms with Crippen LogP contribution < -0.4 is 0 Å². The first-order valence-electron chi connectivity index (χ1n) is 7.26. The average Bonchev–Trinajstić information content (AvgIpc) is 3.03. The second kappa shape index (κ2) is 7.33. The van der Waals surface area contributed by atoms with Crippen LogP contribution in [0.1, 0.15) is 6.92 Å². The smallest absolute Gasteiger partial charge is 0.277 e. The number of aromatic nitrogens is 2. The second-order valence-corrected chi connectivity index (χ2v) is 6.81. The van der Waals surface area contributed by atoms with Gasteiger partial charge in [-0.05, 0) is 25.1 Å². The number of halogens is 1. The lowest BCUT2D eigenvalue weighted by molar-refractivity contribution is -0.134. The maximum Gasteiger partial charge on any atom is 0.277 e. The van der Waals surface area contributed by atoms with Gasteiger partial charge in [-0.25, -0.2) is 0 Å². The monoisotopic (exact) mass is 353 g/mol. The maximum atomic E-state index is 12.4. The van der Waals surface area contributed by atoms with Gasteiger partial charge in [0.15, 0.2) is 0 Å². The molecule has 0 aliphatic carbocycles. The van der Waals surface area contributed by atoms with Crippen LogP contribution in [-0.4, -0.2) is 52.6 Å². The Morgan fingerprint density at radius 3 is 2.87 bits per heavy atom. The van der Waals surface area contributed by atoms with Gasteiger partial charge in [-0.2, -0.15) is 0 Å². The molecule has 1 aromatic carbocycles. The molecule has 1 amide bonds. The number of nitrogens with zero attached hydrogens (tertiary/aromatic N) is 3. The van der Waals surface area contributed by atoms with Crippen LogP contribution in [0.2, 0.25) is 5.02 Å². The van der Waals surface area contributed by atoms with Crippen LogP contribution in [0.4, 0.5) is 0 Å². The zero-order chi connectivity index (χ0) is 16.2. The number of hydrogen-bond acceptors (Lipinski definition) is 6. The molecular weight excluding hydrogens is 338 g/mol. The molecule has 6 nitrogen and oxygen atoms in total. The summed E-state index contributed by atoms with van der Waals surface area (Å²) in [6, 6.07) is 7.20. The molecule has 1 saturated heterocycles. The van der Waals surface area contributed by atoms with Crippen molar-refractivity contribution in [1.29, 1.82) is 0 Å². The molecule has 3 rings (SSSR count). The third kappa shape index (κ3) is 4.04. The van der Waals surface area contributed by atoms with E-state index in [0.29, 0.717) is 42.4 Å². The summed E-state index contributed by atoms with van der Waals surface area (Å²) >= 11 is 7.22. The van der Waals surface area contributed by atoms with E-state index in [9.17, 15) is 4.79 Å².